The minimum absolute atomic E-state index is 0.0379. The van der Waals surface area contributed by atoms with Crippen LogP contribution in [0.1, 0.15) is 44.1 Å². The average molecular weight is 339 g/mol. The van der Waals surface area contributed by atoms with Gasteiger partial charge < -0.3 is 10.6 Å². The number of benzene rings is 1. The summed E-state index contributed by atoms with van der Waals surface area (Å²) in [5.74, 6) is 0.0379. The van der Waals surface area contributed by atoms with Gasteiger partial charge in [-0.25, -0.2) is 0 Å². The number of hydrogen-bond donors (Lipinski definition) is 2. The quantitative estimate of drug-likeness (QED) is 0.814. The van der Waals surface area contributed by atoms with Crippen LogP contribution in [0.4, 0.5) is 5.69 Å². The van der Waals surface area contributed by atoms with Crippen LogP contribution in [0.5, 0.6) is 0 Å². The summed E-state index contributed by atoms with van der Waals surface area (Å²) >= 11 is 3.46. The van der Waals surface area contributed by atoms with Crippen molar-refractivity contribution in [2.75, 3.05) is 11.9 Å². The topological polar surface area (TPSA) is 41.1 Å². The van der Waals surface area contributed by atoms with Crippen molar-refractivity contribution in [1.29, 1.82) is 0 Å². The second-order valence-electron chi connectivity index (χ2n) is 5.58. The van der Waals surface area contributed by atoms with E-state index in [-0.39, 0.29) is 5.91 Å². The SMILES string of the molecule is Cc1cc(NC(=O)CNC2CCCCCC2)ccc1Br. The molecule has 0 aliphatic heterocycles. The summed E-state index contributed by atoms with van der Waals surface area (Å²) in [5.41, 5.74) is 1.98. The smallest absolute Gasteiger partial charge is 0.238 e. The number of aryl methyl sites for hydroxylation is 1. The lowest BCUT2D eigenvalue weighted by Gasteiger charge is -2.16. The lowest BCUT2D eigenvalue weighted by molar-refractivity contribution is -0.115. The molecule has 1 aromatic rings. The summed E-state index contributed by atoms with van der Waals surface area (Å²) in [6.45, 7) is 2.42. The molecule has 0 spiro atoms. The molecular formula is C16H23BrN2O. The molecule has 1 aliphatic rings. The molecule has 110 valence electrons. The minimum Gasteiger partial charge on any atom is -0.325 e. The molecule has 1 amide bonds. The van der Waals surface area contributed by atoms with Crippen molar-refractivity contribution >= 4 is 27.5 Å². The van der Waals surface area contributed by atoms with Gasteiger partial charge in [0.1, 0.15) is 0 Å². The third-order valence-corrected chi connectivity index (χ3v) is 4.74. The van der Waals surface area contributed by atoms with Crippen LogP contribution in [0.25, 0.3) is 0 Å². The zero-order valence-electron chi connectivity index (χ0n) is 12.0. The van der Waals surface area contributed by atoms with Gasteiger partial charge in [0.15, 0.2) is 0 Å². The summed E-state index contributed by atoms with van der Waals surface area (Å²) in [7, 11) is 0. The molecule has 2 rings (SSSR count). The zero-order chi connectivity index (χ0) is 14.4. The molecule has 1 fully saturated rings. The van der Waals surface area contributed by atoms with E-state index in [0.717, 1.165) is 15.7 Å². The van der Waals surface area contributed by atoms with E-state index in [1.54, 1.807) is 0 Å². The monoisotopic (exact) mass is 338 g/mol. The third-order valence-electron chi connectivity index (χ3n) is 3.85. The highest BCUT2D eigenvalue weighted by atomic mass is 79.9. The van der Waals surface area contributed by atoms with Crippen LogP contribution in [-0.4, -0.2) is 18.5 Å². The first-order valence-corrected chi connectivity index (χ1v) is 8.24. The van der Waals surface area contributed by atoms with Gasteiger partial charge in [-0.05, 0) is 43.5 Å². The summed E-state index contributed by atoms with van der Waals surface area (Å²) in [6.07, 6.45) is 7.64. The van der Waals surface area contributed by atoms with E-state index in [0.29, 0.717) is 12.6 Å². The van der Waals surface area contributed by atoms with Gasteiger partial charge in [0.25, 0.3) is 0 Å². The summed E-state index contributed by atoms with van der Waals surface area (Å²) in [6, 6.07) is 6.37. The average Bonchev–Trinajstić information content (AvgIpc) is 2.69. The first-order chi connectivity index (χ1) is 9.65. The van der Waals surface area contributed by atoms with Crippen molar-refractivity contribution in [2.24, 2.45) is 0 Å². The van der Waals surface area contributed by atoms with Crippen molar-refractivity contribution in [3.05, 3.63) is 28.2 Å². The summed E-state index contributed by atoms with van der Waals surface area (Å²) < 4.78 is 1.06. The van der Waals surface area contributed by atoms with Crippen molar-refractivity contribution in [1.82, 2.24) is 5.32 Å². The van der Waals surface area contributed by atoms with Gasteiger partial charge in [-0.2, -0.15) is 0 Å². The van der Waals surface area contributed by atoms with Gasteiger partial charge in [-0.1, -0.05) is 41.6 Å². The maximum absolute atomic E-state index is 12.0. The van der Waals surface area contributed by atoms with Crippen LogP contribution in [-0.2, 0) is 4.79 Å². The van der Waals surface area contributed by atoms with E-state index in [1.165, 1.54) is 38.5 Å². The normalized spacial score (nSPS) is 16.7. The van der Waals surface area contributed by atoms with E-state index in [4.69, 9.17) is 0 Å². The maximum Gasteiger partial charge on any atom is 0.238 e. The Labute approximate surface area is 129 Å². The van der Waals surface area contributed by atoms with Gasteiger partial charge in [-0.15, -0.1) is 0 Å². The number of carbonyl (C=O) groups is 1. The van der Waals surface area contributed by atoms with Crippen LogP contribution >= 0.6 is 15.9 Å². The Morgan fingerprint density at radius 1 is 1.25 bits per heavy atom. The van der Waals surface area contributed by atoms with E-state index in [9.17, 15) is 4.79 Å². The summed E-state index contributed by atoms with van der Waals surface area (Å²) in [4.78, 5) is 12.0. The number of anilines is 1. The second kappa shape index (κ2) is 7.79. The number of rotatable bonds is 4. The fourth-order valence-electron chi connectivity index (χ4n) is 2.65. The summed E-state index contributed by atoms with van der Waals surface area (Å²) in [5, 5.41) is 6.33. The Hall–Kier alpha value is -0.870. The van der Waals surface area contributed by atoms with Gasteiger partial charge in [0, 0.05) is 16.2 Å². The third kappa shape index (κ3) is 4.91. The molecule has 0 atom stereocenters. The molecule has 1 aromatic carbocycles. The van der Waals surface area contributed by atoms with E-state index in [2.05, 4.69) is 26.6 Å². The first kappa shape index (κ1) is 15.5. The molecule has 1 aliphatic carbocycles. The predicted molar refractivity (Wildman–Crippen MR) is 87.0 cm³/mol. The van der Waals surface area contributed by atoms with E-state index < -0.39 is 0 Å². The first-order valence-electron chi connectivity index (χ1n) is 7.44. The molecule has 1 saturated carbocycles. The maximum atomic E-state index is 12.0. The van der Waals surface area contributed by atoms with E-state index >= 15 is 0 Å². The fraction of sp³-hybridized carbons (Fsp3) is 0.562. The number of amides is 1. The zero-order valence-corrected chi connectivity index (χ0v) is 13.6. The second-order valence-corrected chi connectivity index (χ2v) is 6.44. The highest BCUT2D eigenvalue weighted by Gasteiger charge is 2.13. The Morgan fingerprint density at radius 3 is 2.60 bits per heavy atom. The number of hydrogen-bond acceptors (Lipinski definition) is 2. The van der Waals surface area contributed by atoms with Crippen molar-refractivity contribution in [3.8, 4) is 0 Å². The molecule has 4 heteroatoms. The van der Waals surface area contributed by atoms with Crippen molar-refractivity contribution in [2.45, 2.75) is 51.5 Å². The Balaban J connectivity index is 1.78. The molecule has 20 heavy (non-hydrogen) atoms. The predicted octanol–water partition coefficient (Wildman–Crippen LogP) is 4.01. The largest absolute Gasteiger partial charge is 0.325 e. The molecule has 0 aromatic heterocycles. The molecule has 0 heterocycles. The van der Waals surface area contributed by atoms with E-state index in [1.807, 2.05) is 25.1 Å². The van der Waals surface area contributed by atoms with Crippen LogP contribution < -0.4 is 10.6 Å². The number of carbonyl (C=O) groups excluding carboxylic acids is 1. The highest BCUT2D eigenvalue weighted by molar-refractivity contribution is 9.10. The molecule has 2 N–H and O–H groups in total. The van der Waals surface area contributed by atoms with Crippen LogP contribution in [0, 0.1) is 6.92 Å². The Kier molecular flexibility index (Phi) is 6.05. The highest BCUT2D eigenvalue weighted by Crippen LogP contribution is 2.20. The molecule has 0 saturated heterocycles. The Bertz CT molecular complexity index is 454. The van der Waals surface area contributed by atoms with Crippen LogP contribution in [0.3, 0.4) is 0 Å². The van der Waals surface area contributed by atoms with Gasteiger partial charge in [0.2, 0.25) is 5.91 Å². The minimum atomic E-state index is 0.0379. The number of halogens is 1. The van der Waals surface area contributed by atoms with Gasteiger partial charge in [-0.3, -0.25) is 4.79 Å². The molecule has 3 nitrogen and oxygen atoms in total. The van der Waals surface area contributed by atoms with Gasteiger partial charge >= 0.3 is 0 Å². The lowest BCUT2D eigenvalue weighted by Crippen LogP contribution is -2.35. The molecule has 0 unspecified atom stereocenters. The molecule has 0 bridgehead atoms. The standard InChI is InChI=1S/C16H23BrN2O/c1-12-10-14(8-9-15(12)17)19-16(20)11-18-13-6-4-2-3-5-7-13/h8-10,13,18H,2-7,11H2,1H3,(H,19,20). The van der Waals surface area contributed by atoms with Crippen molar-refractivity contribution in [3.63, 3.8) is 0 Å². The van der Waals surface area contributed by atoms with Gasteiger partial charge in [0.05, 0.1) is 6.54 Å². The van der Waals surface area contributed by atoms with Crippen LogP contribution in [0.15, 0.2) is 22.7 Å². The number of nitrogens with one attached hydrogen (secondary N) is 2. The van der Waals surface area contributed by atoms with Crippen molar-refractivity contribution < 1.29 is 4.79 Å². The molecular weight excluding hydrogens is 316 g/mol. The fourth-order valence-corrected chi connectivity index (χ4v) is 2.89. The van der Waals surface area contributed by atoms with Crippen LogP contribution in [0.2, 0.25) is 0 Å². The Morgan fingerprint density at radius 2 is 1.95 bits per heavy atom. The lowest BCUT2D eigenvalue weighted by atomic mass is 10.1. The molecule has 0 radical (unpaired) electrons.